The van der Waals surface area contributed by atoms with Crippen molar-refractivity contribution < 1.29 is 36.4 Å². The van der Waals surface area contributed by atoms with Crippen molar-refractivity contribution in [2.75, 3.05) is 14.2 Å². The zero-order valence-electron chi connectivity index (χ0n) is 8.22. The van der Waals surface area contributed by atoms with Gasteiger partial charge < -0.3 is 24.1 Å². The van der Waals surface area contributed by atoms with Gasteiger partial charge in [0.1, 0.15) is 0 Å². The van der Waals surface area contributed by atoms with Crippen LogP contribution in [-0.4, -0.2) is 24.4 Å². The van der Waals surface area contributed by atoms with Crippen LogP contribution in [0.15, 0.2) is 0 Å². The molecule has 0 aliphatic heterocycles. The summed E-state index contributed by atoms with van der Waals surface area (Å²) in [5.41, 5.74) is 0. The maximum atomic E-state index is 7.00. The normalized spacial score (nSPS) is 4.36. The predicted octanol–water partition coefficient (Wildman–Crippen LogP) is 1.68. The molecule has 0 aliphatic rings. The second-order valence-electron chi connectivity index (χ2n) is 1.000. The Labute approximate surface area is 91.1 Å². The second kappa shape index (κ2) is 132. The number of hydrogen-bond acceptors (Lipinski definition) is 2. The summed E-state index contributed by atoms with van der Waals surface area (Å²) < 4.78 is 0. The van der Waals surface area contributed by atoms with E-state index in [1.807, 2.05) is 13.8 Å². The SMILES string of the molecule is CO.CO.[CH2-]CC.[CH2-]CC.[Zr+2]. The minimum atomic E-state index is 0. The van der Waals surface area contributed by atoms with E-state index in [2.05, 4.69) is 13.8 Å². The summed E-state index contributed by atoms with van der Waals surface area (Å²) in [6, 6.07) is 0. The molecular weight excluding hydrogens is 219 g/mol. The summed E-state index contributed by atoms with van der Waals surface area (Å²) in [4.78, 5) is 0. The zero-order valence-corrected chi connectivity index (χ0v) is 10.7. The van der Waals surface area contributed by atoms with Gasteiger partial charge in [0.2, 0.25) is 0 Å². The molecule has 0 aromatic heterocycles. The van der Waals surface area contributed by atoms with Crippen LogP contribution in [-0.2, 0) is 26.2 Å². The smallest absolute Gasteiger partial charge is 0.400 e. The van der Waals surface area contributed by atoms with Crippen molar-refractivity contribution >= 4 is 0 Å². The van der Waals surface area contributed by atoms with E-state index in [9.17, 15) is 0 Å². The van der Waals surface area contributed by atoms with E-state index in [1.54, 1.807) is 0 Å². The Kier molecular flexibility index (Phi) is 358. The molecule has 0 fully saturated rings. The first-order chi connectivity index (χ1) is 4.83. The van der Waals surface area contributed by atoms with Crippen LogP contribution >= 0.6 is 0 Å². The maximum absolute atomic E-state index is 7.00. The monoisotopic (exact) mass is 240 g/mol. The van der Waals surface area contributed by atoms with Gasteiger partial charge in [0.15, 0.2) is 0 Å². The maximum Gasteiger partial charge on any atom is 2.00 e. The molecule has 70 valence electrons. The fraction of sp³-hybridized carbons (Fsp3) is 0.750. The quantitative estimate of drug-likeness (QED) is 0.634. The molecule has 0 amide bonds. The predicted molar refractivity (Wildman–Crippen MR) is 47.6 cm³/mol. The van der Waals surface area contributed by atoms with Gasteiger partial charge in [-0.25, -0.2) is 0 Å². The fourth-order valence-corrected chi connectivity index (χ4v) is 0. The molecule has 0 aromatic rings. The summed E-state index contributed by atoms with van der Waals surface area (Å²) in [6.07, 6.45) is 2.00. The van der Waals surface area contributed by atoms with Crippen molar-refractivity contribution in [3.63, 3.8) is 0 Å². The Balaban J connectivity index is -0.0000000144. The topological polar surface area (TPSA) is 40.5 Å². The molecule has 0 saturated carbocycles. The van der Waals surface area contributed by atoms with E-state index in [-0.39, 0.29) is 26.2 Å². The van der Waals surface area contributed by atoms with Crippen molar-refractivity contribution in [3.8, 4) is 0 Å². The van der Waals surface area contributed by atoms with Crippen LogP contribution in [0.2, 0.25) is 0 Å². The van der Waals surface area contributed by atoms with Crippen molar-refractivity contribution in [2.45, 2.75) is 26.7 Å². The molecular formula is C8H22O2Zr. The van der Waals surface area contributed by atoms with Gasteiger partial charge in [-0.05, 0) is 0 Å². The van der Waals surface area contributed by atoms with Gasteiger partial charge in [-0.1, -0.05) is 13.8 Å². The number of rotatable bonds is 0. The van der Waals surface area contributed by atoms with E-state index in [0.717, 1.165) is 27.1 Å². The third-order valence-electron chi connectivity index (χ3n) is 0. The minimum absolute atomic E-state index is 0. The van der Waals surface area contributed by atoms with E-state index < -0.39 is 0 Å². The largest absolute Gasteiger partial charge is 2.00 e. The van der Waals surface area contributed by atoms with Crippen LogP contribution in [0, 0.1) is 13.8 Å². The van der Waals surface area contributed by atoms with Crippen LogP contribution < -0.4 is 0 Å². The van der Waals surface area contributed by atoms with Gasteiger partial charge in [0, 0.05) is 14.2 Å². The molecule has 0 rings (SSSR count). The van der Waals surface area contributed by atoms with Crippen LogP contribution in [0.4, 0.5) is 0 Å². The molecule has 0 saturated heterocycles. The number of aliphatic hydroxyl groups excluding tert-OH is 2. The molecule has 0 radical (unpaired) electrons. The van der Waals surface area contributed by atoms with Gasteiger partial charge in [0.05, 0.1) is 0 Å². The molecule has 0 spiro atoms. The van der Waals surface area contributed by atoms with Crippen LogP contribution in [0.25, 0.3) is 0 Å². The average molecular weight is 241 g/mol. The Bertz CT molecular complexity index is 14.1. The Morgan fingerprint density at radius 2 is 0.818 bits per heavy atom. The molecule has 11 heavy (non-hydrogen) atoms. The van der Waals surface area contributed by atoms with Crippen molar-refractivity contribution in [1.82, 2.24) is 0 Å². The molecule has 0 aliphatic carbocycles. The van der Waals surface area contributed by atoms with Gasteiger partial charge in [0.25, 0.3) is 0 Å². The zero-order chi connectivity index (χ0) is 9.41. The minimum Gasteiger partial charge on any atom is -0.400 e. The van der Waals surface area contributed by atoms with Gasteiger partial charge >= 0.3 is 26.2 Å². The fourth-order valence-electron chi connectivity index (χ4n) is 0. The molecule has 0 aromatic carbocycles. The standard InChI is InChI=1S/2C3H7.2CH4O.Zr/c2*1-3-2;2*1-2;/h2*1,3H2,2H3;2*2H,1H3;/q2*-1;;;+2. The van der Waals surface area contributed by atoms with Gasteiger partial charge in [-0.3, -0.25) is 0 Å². The molecule has 0 atom stereocenters. The van der Waals surface area contributed by atoms with Crippen molar-refractivity contribution in [3.05, 3.63) is 13.8 Å². The average Bonchev–Trinajstić information content (AvgIpc) is 1.99. The van der Waals surface area contributed by atoms with Crippen LogP contribution in [0.5, 0.6) is 0 Å². The molecule has 3 heteroatoms. The van der Waals surface area contributed by atoms with Gasteiger partial charge in [-0.15, -0.1) is 0 Å². The Hall–Kier alpha value is 0.803. The van der Waals surface area contributed by atoms with Crippen molar-refractivity contribution in [2.24, 2.45) is 0 Å². The number of aliphatic hydroxyl groups is 2. The van der Waals surface area contributed by atoms with Crippen LogP contribution in [0.3, 0.4) is 0 Å². The summed E-state index contributed by atoms with van der Waals surface area (Å²) in [5, 5.41) is 14.0. The van der Waals surface area contributed by atoms with Crippen molar-refractivity contribution in [1.29, 1.82) is 0 Å². The molecule has 0 bridgehead atoms. The first-order valence-electron chi connectivity index (χ1n) is 3.31. The summed E-state index contributed by atoms with van der Waals surface area (Å²) in [7, 11) is 2.00. The molecule has 0 heterocycles. The molecule has 2 nitrogen and oxygen atoms in total. The van der Waals surface area contributed by atoms with Crippen LogP contribution in [0.1, 0.15) is 26.7 Å². The third-order valence-corrected chi connectivity index (χ3v) is 0. The number of hydrogen-bond donors (Lipinski definition) is 2. The third kappa shape index (κ3) is 1300. The first-order valence-corrected chi connectivity index (χ1v) is 3.31. The summed E-state index contributed by atoms with van der Waals surface area (Å²) in [5.74, 6) is 0. The molecule has 0 unspecified atom stereocenters. The van der Waals surface area contributed by atoms with E-state index in [4.69, 9.17) is 10.2 Å². The van der Waals surface area contributed by atoms with E-state index in [1.165, 1.54) is 0 Å². The van der Waals surface area contributed by atoms with E-state index >= 15 is 0 Å². The Morgan fingerprint density at radius 1 is 0.818 bits per heavy atom. The Morgan fingerprint density at radius 3 is 0.818 bits per heavy atom. The first kappa shape index (κ1) is 29.8. The van der Waals surface area contributed by atoms with E-state index in [0.29, 0.717) is 0 Å². The summed E-state index contributed by atoms with van der Waals surface area (Å²) >= 11 is 0. The molecule has 2 N–H and O–H groups in total. The second-order valence-corrected chi connectivity index (χ2v) is 1.000. The summed E-state index contributed by atoms with van der Waals surface area (Å²) in [6.45, 7) is 11.0. The van der Waals surface area contributed by atoms with Gasteiger partial charge in [-0.2, -0.15) is 12.8 Å².